The number of nitrogens with zero attached hydrogens (tertiary/aromatic N) is 5. The van der Waals surface area contributed by atoms with Gasteiger partial charge in [-0.3, -0.25) is 9.36 Å². The fourth-order valence-corrected chi connectivity index (χ4v) is 4.89. The highest BCUT2D eigenvalue weighted by atomic mass is 32.2. The third-order valence-corrected chi connectivity index (χ3v) is 6.69. The summed E-state index contributed by atoms with van der Waals surface area (Å²) >= 11 is 1.21. The number of halogens is 2. The SMILES string of the molecule is O=C(CSc1nnc(-c2ccc(F)cc2)n1-c1ccc(F)cc1)Nc1ccnn1C1CCCC1. The first kappa shape index (κ1) is 22.3. The van der Waals surface area contributed by atoms with Gasteiger partial charge in [0.2, 0.25) is 5.91 Å². The van der Waals surface area contributed by atoms with E-state index in [1.165, 1.54) is 48.9 Å². The van der Waals surface area contributed by atoms with Gasteiger partial charge in [0, 0.05) is 17.3 Å². The van der Waals surface area contributed by atoms with Gasteiger partial charge < -0.3 is 5.32 Å². The van der Waals surface area contributed by atoms with Gasteiger partial charge in [-0.15, -0.1) is 10.2 Å². The van der Waals surface area contributed by atoms with Crippen LogP contribution in [0.3, 0.4) is 0 Å². The smallest absolute Gasteiger partial charge is 0.235 e. The van der Waals surface area contributed by atoms with Crippen molar-refractivity contribution in [2.75, 3.05) is 11.1 Å². The molecule has 0 aliphatic heterocycles. The van der Waals surface area contributed by atoms with E-state index >= 15 is 0 Å². The van der Waals surface area contributed by atoms with Gasteiger partial charge in [0.15, 0.2) is 11.0 Å². The van der Waals surface area contributed by atoms with Gasteiger partial charge in [-0.1, -0.05) is 24.6 Å². The lowest BCUT2D eigenvalue weighted by Crippen LogP contribution is -2.19. The molecule has 5 rings (SSSR count). The molecule has 34 heavy (non-hydrogen) atoms. The van der Waals surface area contributed by atoms with Crippen LogP contribution >= 0.6 is 11.8 Å². The highest BCUT2D eigenvalue weighted by Crippen LogP contribution is 2.32. The van der Waals surface area contributed by atoms with E-state index in [1.54, 1.807) is 41.1 Å². The summed E-state index contributed by atoms with van der Waals surface area (Å²) < 4.78 is 30.6. The normalized spacial score (nSPS) is 13.9. The minimum absolute atomic E-state index is 0.0958. The predicted molar refractivity (Wildman–Crippen MR) is 126 cm³/mol. The topological polar surface area (TPSA) is 77.6 Å². The Labute approximate surface area is 199 Å². The molecule has 2 aromatic heterocycles. The van der Waals surface area contributed by atoms with E-state index in [0.717, 1.165) is 12.8 Å². The molecule has 0 atom stereocenters. The van der Waals surface area contributed by atoms with Gasteiger partial charge in [0.25, 0.3) is 0 Å². The fourth-order valence-electron chi connectivity index (χ4n) is 4.13. The lowest BCUT2D eigenvalue weighted by Gasteiger charge is -2.14. The summed E-state index contributed by atoms with van der Waals surface area (Å²) in [7, 11) is 0. The monoisotopic (exact) mass is 480 g/mol. The third kappa shape index (κ3) is 4.72. The maximum atomic E-state index is 13.5. The number of thioether (sulfide) groups is 1. The second-order valence-electron chi connectivity index (χ2n) is 8.06. The molecule has 1 aliphatic rings. The summed E-state index contributed by atoms with van der Waals surface area (Å²) in [6.45, 7) is 0. The largest absolute Gasteiger partial charge is 0.310 e. The van der Waals surface area contributed by atoms with Crippen molar-refractivity contribution in [3.8, 4) is 17.1 Å². The molecule has 0 radical (unpaired) electrons. The molecular formula is C24H22F2N6OS. The van der Waals surface area contributed by atoms with E-state index < -0.39 is 0 Å². The number of amides is 1. The Morgan fingerprint density at radius 1 is 0.971 bits per heavy atom. The Balaban J connectivity index is 1.36. The second-order valence-corrected chi connectivity index (χ2v) is 9.00. The van der Waals surface area contributed by atoms with Crippen molar-refractivity contribution in [3.63, 3.8) is 0 Å². The van der Waals surface area contributed by atoms with Crippen molar-refractivity contribution in [2.45, 2.75) is 36.9 Å². The maximum Gasteiger partial charge on any atom is 0.235 e. The Morgan fingerprint density at radius 3 is 2.35 bits per heavy atom. The summed E-state index contributed by atoms with van der Waals surface area (Å²) in [5.74, 6) is 0.325. The molecule has 1 saturated carbocycles. The standard InChI is InChI=1S/C24H22F2N6OS/c25-17-7-5-16(6-8-17)23-29-30-24(31(23)19-11-9-18(26)10-12-19)34-15-22(33)28-21-13-14-27-32(21)20-3-1-2-4-20/h5-14,20H,1-4,15H2,(H,28,33). The van der Waals surface area contributed by atoms with Gasteiger partial charge >= 0.3 is 0 Å². The van der Waals surface area contributed by atoms with Crippen LogP contribution in [0.25, 0.3) is 17.1 Å². The summed E-state index contributed by atoms with van der Waals surface area (Å²) in [6.07, 6.45) is 6.16. The van der Waals surface area contributed by atoms with E-state index in [0.29, 0.717) is 34.1 Å². The number of hydrogen-bond donors (Lipinski definition) is 1. The minimum Gasteiger partial charge on any atom is -0.310 e. The number of rotatable bonds is 7. The number of hydrogen-bond acceptors (Lipinski definition) is 5. The van der Waals surface area contributed by atoms with Crippen molar-refractivity contribution in [1.29, 1.82) is 0 Å². The zero-order chi connectivity index (χ0) is 23.5. The maximum absolute atomic E-state index is 13.5. The summed E-state index contributed by atoms with van der Waals surface area (Å²) in [6, 6.07) is 13.9. The second kappa shape index (κ2) is 9.76. The van der Waals surface area contributed by atoms with Crippen molar-refractivity contribution in [2.24, 2.45) is 0 Å². The molecule has 1 fully saturated rings. The molecule has 174 valence electrons. The van der Waals surface area contributed by atoms with Crippen LogP contribution in [0.1, 0.15) is 31.7 Å². The first-order chi connectivity index (χ1) is 16.6. The first-order valence-electron chi connectivity index (χ1n) is 11.0. The van der Waals surface area contributed by atoms with E-state index in [1.807, 2.05) is 4.68 Å². The van der Waals surface area contributed by atoms with Crippen LogP contribution in [-0.4, -0.2) is 36.2 Å². The molecule has 0 saturated heterocycles. The predicted octanol–water partition coefficient (Wildman–Crippen LogP) is 5.25. The van der Waals surface area contributed by atoms with Crippen LogP contribution in [0.15, 0.2) is 66.0 Å². The minimum atomic E-state index is -0.368. The number of benzene rings is 2. The lowest BCUT2D eigenvalue weighted by atomic mass is 10.2. The molecular weight excluding hydrogens is 458 g/mol. The number of anilines is 1. The van der Waals surface area contributed by atoms with Crippen molar-refractivity contribution >= 4 is 23.5 Å². The molecule has 1 amide bonds. The molecule has 0 spiro atoms. The Morgan fingerprint density at radius 2 is 1.65 bits per heavy atom. The molecule has 7 nitrogen and oxygen atoms in total. The van der Waals surface area contributed by atoms with E-state index in [-0.39, 0.29) is 23.3 Å². The number of aromatic nitrogens is 5. The fraction of sp³-hybridized carbons (Fsp3) is 0.250. The van der Waals surface area contributed by atoms with E-state index in [4.69, 9.17) is 0 Å². The quantitative estimate of drug-likeness (QED) is 0.366. The summed E-state index contributed by atoms with van der Waals surface area (Å²) in [4.78, 5) is 12.7. The van der Waals surface area contributed by atoms with E-state index in [2.05, 4.69) is 20.6 Å². The Hall–Kier alpha value is -3.53. The van der Waals surface area contributed by atoms with Gasteiger partial charge in [-0.2, -0.15) is 5.10 Å². The van der Waals surface area contributed by atoms with E-state index in [9.17, 15) is 13.6 Å². The molecule has 2 aromatic carbocycles. The highest BCUT2D eigenvalue weighted by Gasteiger charge is 2.21. The van der Waals surface area contributed by atoms with Crippen LogP contribution in [0.4, 0.5) is 14.6 Å². The molecule has 10 heteroatoms. The highest BCUT2D eigenvalue weighted by molar-refractivity contribution is 7.99. The summed E-state index contributed by atoms with van der Waals surface area (Å²) in [5.41, 5.74) is 1.28. The van der Waals surface area contributed by atoms with Gasteiger partial charge in [0.05, 0.1) is 18.0 Å². The average Bonchev–Trinajstić information content (AvgIpc) is 3.60. The number of carbonyl (C=O) groups excluding carboxylic acids is 1. The number of carbonyl (C=O) groups is 1. The van der Waals surface area contributed by atoms with Crippen LogP contribution in [0.5, 0.6) is 0 Å². The zero-order valence-electron chi connectivity index (χ0n) is 18.2. The molecule has 0 bridgehead atoms. The van der Waals surface area contributed by atoms with Crippen molar-refractivity contribution < 1.29 is 13.6 Å². The molecule has 1 aliphatic carbocycles. The Kier molecular flexibility index (Phi) is 6.39. The summed E-state index contributed by atoms with van der Waals surface area (Å²) in [5, 5.41) is 16.3. The molecule has 4 aromatic rings. The van der Waals surface area contributed by atoms with Crippen LogP contribution in [-0.2, 0) is 4.79 Å². The molecule has 0 unspecified atom stereocenters. The van der Waals surface area contributed by atoms with Gasteiger partial charge in [-0.05, 0) is 61.4 Å². The van der Waals surface area contributed by atoms with Crippen LogP contribution in [0.2, 0.25) is 0 Å². The van der Waals surface area contributed by atoms with Gasteiger partial charge in [0.1, 0.15) is 17.5 Å². The Bertz CT molecular complexity index is 1280. The number of nitrogens with one attached hydrogen (secondary N) is 1. The zero-order valence-corrected chi connectivity index (χ0v) is 19.0. The van der Waals surface area contributed by atoms with Gasteiger partial charge in [-0.25, -0.2) is 13.5 Å². The first-order valence-corrected chi connectivity index (χ1v) is 12.0. The lowest BCUT2D eigenvalue weighted by molar-refractivity contribution is -0.113. The van der Waals surface area contributed by atoms with Crippen LogP contribution in [0, 0.1) is 11.6 Å². The van der Waals surface area contributed by atoms with Crippen LogP contribution < -0.4 is 5.32 Å². The average molecular weight is 481 g/mol. The molecule has 1 N–H and O–H groups in total. The molecule has 2 heterocycles. The third-order valence-electron chi connectivity index (χ3n) is 5.76. The van der Waals surface area contributed by atoms with Crippen molar-refractivity contribution in [1.82, 2.24) is 24.5 Å². The van der Waals surface area contributed by atoms with Crippen molar-refractivity contribution in [3.05, 3.63) is 72.4 Å².